The molecule has 3 rings (SSSR count). The summed E-state index contributed by atoms with van der Waals surface area (Å²) in [6, 6.07) is 8.86. The molecule has 1 saturated heterocycles. The molecule has 5 nitrogen and oxygen atoms in total. The predicted octanol–water partition coefficient (Wildman–Crippen LogP) is 4.48. The molecule has 2 unspecified atom stereocenters. The minimum atomic E-state index is 0.138. The average molecular weight is 362 g/mol. The van der Waals surface area contributed by atoms with Gasteiger partial charge in [-0.2, -0.15) is 9.97 Å². The minimum Gasteiger partial charge on any atom is -0.467 e. The maximum Gasteiger partial charge on any atom is 0.319 e. The van der Waals surface area contributed by atoms with E-state index >= 15 is 0 Å². The van der Waals surface area contributed by atoms with Crippen LogP contribution in [0.1, 0.15) is 42.1 Å². The van der Waals surface area contributed by atoms with Gasteiger partial charge in [-0.3, -0.25) is 0 Å². The van der Waals surface area contributed by atoms with Crippen LogP contribution in [0.4, 0.5) is 5.82 Å². The van der Waals surface area contributed by atoms with Crippen molar-refractivity contribution in [3.63, 3.8) is 0 Å². The quantitative estimate of drug-likeness (QED) is 0.796. The molecule has 0 bridgehead atoms. The van der Waals surface area contributed by atoms with Crippen LogP contribution in [0.3, 0.4) is 0 Å². The van der Waals surface area contributed by atoms with Crippen molar-refractivity contribution in [3.05, 3.63) is 46.1 Å². The molecular weight excluding hydrogens is 338 g/mol. The van der Waals surface area contributed by atoms with E-state index in [4.69, 9.17) is 21.1 Å². The molecule has 1 aliphatic heterocycles. The Morgan fingerprint density at radius 1 is 1.20 bits per heavy atom. The third-order valence-electron chi connectivity index (χ3n) is 4.54. The molecule has 1 fully saturated rings. The molecule has 0 amide bonds. The molecule has 25 heavy (non-hydrogen) atoms. The van der Waals surface area contributed by atoms with Crippen LogP contribution < -0.4 is 10.1 Å². The number of methoxy groups -OCH3 is 1. The number of aromatic nitrogens is 2. The molecule has 0 radical (unpaired) electrons. The third kappa shape index (κ3) is 4.41. The Hall–Kier alpha value is -1.85. The lowest BCUT2D eigenvalue weighted by atomic mass is 9.97. The smallest absolute Gasteiger partial charge is 0.319 e. The Balaban J connectivity index is 1.63. The zero-order chi connectivity index (χ0) is 17.8. The summed E-state index contributed by atoms with van der Waals surface area (Å²) in [4.78, 5) is 8.40. The van der Waals surface area contributed by atoms with Crippen molar-refractivity contribution in [1.82, 2.24) is 9.97 Å². The number of halogens is 1. The zero-order valence-electron chi connectivity index (χ0n) is 14.9. The predicted molar refractivity (Wildman–Crippen MR) is 99.5 cm³/mol. The fraction of sp³-hybridized carbons (Fsp3) is 0.474. The van der Waals surface area contributed by atoms with Gasteiger partial charge in [-0.25, -0.2) is 0 Å². The monoisotopic (exact) mass is 361 g/mol. The van der Waals surface area contributed by atoms with Crippen LogP contribution in [-0.4, -0.2) is 29.7 Å². The summed E-state index contributed by atoms with van der Waals surface area (Å²) in [5.74, 6) is 0.693. The van der Waals surface area contributed by atoms with Crippen molar-refractivity contribution in [2.75, 3.05) is 19.0 Å². The van der Waals surface area contributed by atoms with Crippen LogP contribution >= 0.6 is 11.6 Å². The molecule has 1 aliphatic rings. The number of rotatable bonds is 5. The van der Waals surface area contributed by atoms with Crippen LogP contribution in [0.25, 0.3) is 0 Å². The van der Waals surface area contributed by atoms with Crippen LogP contribution in [0.15, 0.2) is 24.3 Å². The molecular formula is C19H24ClN3O2. The van der Waals surface area contributed by atoms with Crippen LogP contribution in [0, 0.1) is 13.8 Å². The molecule has 6 heteroatoms. The zero-order valence-corrected chi connectivity index (χ0v) is 15.6. The molecule has 1 aromatic heterocycles. The van der Waals surface area contributed by atoms with Gasteiger partial charge in [0.05, 0.1) is 19.3 Å². The Bertz CT molecular complexity index is 721. The van der Waals surface area contributed by atoms with E-state index < -0.39 is 0 Å². The van der Waals surface area contributed by atoms with E-state index in [9.17, 15) is 0 Å². The normalized spacial score (nSPS) is 20.3. The first-order chi connectivity index (χ1) is 12.1. The summed E-state index contributed by atoms with van der Waals surface area (Å²) in [5.41, 5.74) is 3.33. The second kappa shape index (κ2) is 8.02. The third-order valence-corrected chi connectivity index (χ3v) is 4.91. The largest absolute Gasteiger partial charge is 0.467 e. The Kier molecular flexibility index (Phi) is 5.76. The van der Waals surface area contributed by atoms with Gasteiger partial charge >= 0.3 is 6.01 Å². The number of nitrogens with zero attached hydrogens (tertiary/aromatic N) is 2. The number of anilines is 1. The van der Waals surface area contributed by atoms with Crippen LogP contribution in [0.2, 0.25) is 5.15 Å². The Labute approximate surface area is 153 Å². The van der Waals surface area contributed by atoms with Gasteiger partial charge < -0.3 is 14.8 Å². The average Bonchev–Trinajstić information content (AvgIpc) is 2.63. The van der Waals surface area contributed by atoms with E-state index in [0.29, 0.717) is 17.5 Å². The van der Waals surface area contributed by atoms with Gasteiger partial charge in [0.15, 0.2) is 0 Å². The number of hydrogen-bond acceptors (Lipinski definition) is 5. The van der Waals surface area contributed by atoms with Crippen molar-refractivity contribution in [2.45, 2.75) is 45.3 Å². The second-order valence-electron chi connectivity index (χ2n) is 6.44. The molecule has 1 aromatic carbocycles. The number of ether oxygens (including phenoxy) is 2. The first-order valence-electron chi connectivity index (χ1n) is 8.61. The summed E-state index contributed by atoms with van der Waals surface area (Å²) < 4.78 is 11.4. The van der Waals surface area contributed by atoms with Crippen molar-refractivity contribution < 1.29 is 9.47 Å². The van der Waals surface area contributed by atoms with Gasteiger partial charge in [-0.15, -0.1) is 0 Å². The van der Waals surface area contributed by atoms with Gasteiger partial charge in [0.2, 0.25) is 0 Å². The Morgan fingerprint density at radius 2 is 1.96 bits per heavy atom. The van der Waals surface area contributed by atoms with E-state index in [-0.39, 0.29) is 18.2 Å². The number of nitrogens with one attached hydrogen (secondary N) is 1. The highest BCUT2D eigenvalue weighted by molar-refractivity contribution is 6.30. The van der Waals surface area contributed by atoms with Crippen molar-refractivity contribution in [3.8, 4) is 6.01 Å². The molecule has 0 aliphatic carbocycles. The summed E-state index contributed by atoms with van der Waals surface area (Å²) in [7, 11) is 1.53. The van der Waals surface area contributed by atoms with Gasteiger partial charge in [0.25, 0.3) is 0 Å². The molecule has 2 aromatic rings. The lowest BCUT2D eigenvalue weighted by Crippen LogP contribution is -2.29. The SMILES string of the molecule is COc1nc(Cl)c(C)c(NCC2CCCC(c3ccc(C)cc3)O2)n1. The first-order valence-corrected chi connectivity index (χ1v) is 8.98. The van der Waals surface area contributed by atoms with Gasteiger partial charge in [-0.05, 0) is 38.7 Å². The molecule has 1 N–H and O–H groups in total. The van der Waals surface area contributed by atoms with Crippen molar-refractivity contribution in [1.29, 1.82) is 0 Å². The number of benzene rings is 1. The van der Waals surface area contributed by atoms with Crippen molar-refractivity contribution >= 4 is 17.4 Å². The highest BCUT2D eigenvalue weighted by Crippen LogP contribution is 2.32. The lowest BCUT2D eigenvalue weighted by Gasteiger charge is -2.31. The van der Waals surface area contributed by atoms with E-state index in [1.165, 1.54) is 18.2 Å². The fourth-order valence-electron chi connectivity index (χ4n) is 3.02. The van der Waals surface area contributed by atoms with E-state index in [2.05, 4.69) is 46.5 Å². The molecule has 0 saturated carbocycles. The molecule has 134 valence electrons. The topological polar surface area (TPSA) is 56.3 Å². The van der Waals surface area contributed by atoms with E-state index in [0.717, 1.165) is 24.8 Å². The van der Waals surface area contributed by atoms with E-state index in [1.807, 2.05) is 6.92 Å². The summed E-state index contributed by atoms with van der Waals surface area (Å²) in [6.07, 6.45) is 3.54. The molecule has 2 atom stereocenters. The van der Waals surface area contributed by atoms with E-state index in [1.54, 1.807) is 0 Å². The first kappa shape index (κ1) is 18.0. The maximum atomic E-state index is 6.29. The van der Waals surface area contributed by atoms with Crippen molar-refractivity contribution in [2.24, 2.45) is 0 Å². The second-order valence-corrected chi connectivity index (χ2v) is 6.80. The Morgan fingerprint density at radius 3 is 2.68 bits per heavy atom. The summed E-state index contributed by atoms with van der Waals surface area (Å²) in [5, 5.41) is 3.74. The van der Waals surface area contributed by atoms with Crippen LogP contribution in [0.5, 0.6) is 6.01 Å². The van der Waals surface area contributed by atoms with Crippen LogP contribution in [-0.2, 0) is 4.74 Å². The van der Waals surface area contributed by atoms with Gasteiger partial charge in [-0.1, -0.05) is 41.4 Å². The molecule has 0 spiro atoms. The number of hydrogen-bond donors (Lipinski definition) is 1. The minimum absolute atomic E-state index is 0.138. The maximum absolute atomic E-state index is 6.29. The highest BCUT2D eigenvalue weighted by atomic mass is 35.5. The fourth-order valence-corrected chi connectivity index (χ4v) is 3.18. The highest BCUT2D eigenvalue weighted by Gasteiger charge is 2.24. The lowest BCUT2D eigenvalue weighted by molar-refractivity contribution is -0.0442. The standard InChI is InChI=1S/C19H24ClN3O2/c1-12-7-9-14(10-8-12)16-6-4-5-15(25-16)11-21-18-13(2)17(20)22-19(23-18)24-3/h7-10,15-16H,4-6,11H2,1-3H3,(H,21,22,23). The summed E-state index contributed by atoms with van der Waals surface area (Å²) >= 11 is 6.13. The number of aryl methyl sites for hydroxylation is 1. The van der Waals surface area contributed by atoms with Gasteiger partial charge in [0, 0.05) is 12.1 Å². The van der Waals surface area contributed by atoms with Gasteiger partial charge in [0.1, 0.15) is 11.0 Å². The molecule has 2 heterocycles. The summed E-state index contributed by atoms with van der Waals surface area (Å²) in [6.45, 7) is 4.67.